The van der Waals surface area contributed by atoms with Crippen molar-refractivity contribution in [2.24, 2.45) is 11.8 Å². The average Bonchev–Trinajstić information content (AvgIpc) is 2.57. The van der Waals surface area contributed by atoms with Gasteiger partial charge in [-0.2, -0.15) is 0 Å². The molecule has 1 aliphatic rings. The highest BCUT2D eigenvalue weighted by Gasteiger charge is 2.27. The van der Waals surface area contributed by atoms with Gasteiger partial charge in [0.15, 0.2) is 10.2 Å². The molecule has 3 atom stereocenters. The van der Waals surface area contributed by atoms with Gasteiger partial charge >= 0.3 is 0 Å². The molecule has 0 aromatic heterocycles. The minimum Gasteiger partial charge on any atom is -0.358 e. The Morgan fingerprint density at radius 2 is 1.88 bits per heavy atom. The monoisotopic (exact) mass is 364 g/mol. The topological polar surface area (TPSA) is 48.1 Å². The highest BCUT2D eigenvalue weighted by Crippen LogP contribution is 2.29. The number of aryl methyl sites for hydroxylation is 1. The summed E-state index contributed by atoms with van der Waals surface area (Å²) in [6.07, 6.45) is 4.73. The first-order valence-electron chi connectivity index (χ1n) is 8.72. The molecular formula is C18H28N4S2. The molecule has 4 N–H and O–H groups in total. The van der Waals surface area contributed by atoms with E-state index in [9.17, 15) is 0 Å². The number of hydrogen-bond acceptors (Lipinski definition) is 2. The molecule has 1 aromatic carbocycles. The van der Waals surface area contributed by atoms with Crippen molar-refractivity contribution in [1.29, 1.82) is 0 Å². The fourth-order valence-electron chi connectivity index (χ4n) is 3.14. The quantitative estimate of drug-likeness (QED) is 0.484. The van der Waals surface area contributed by atoms with Gasteiger partial charge in [-0.3, -0.25) is 10.9 Å². The molecular weight excluding hydrogens is 336 g/mol. The van der Waals surface area contributed by atoms with Crippen LogP contribution in [-0.2, 0) is 6.42 Å². The van der Waals surface area contributed by atoms with E-state index in [4.69, 9.17) is 24.4 Å². The van der Waals surface area contributed by atoms with Gasteiger partial charge in [0.05, 0.1) is 0 Å². The molecule has 2 rings (SSSR count). The van der Waals surface area contributed by atoms with E-state index in [1.165, 1.54) is 24.8 Å². The van der Waals surface area contributed by atoms with Gasteiger partial charge in [0.1, 0.15) is 0 Å². The van der Waals surface area contributed by atoms with Crippen molar-refractivity contribution >= 4 is 40.3 Å². The summed E-state index contributed by atoms with van der Waals surface area (Å²) in [6.45, 7) is 6.75. The molecule has 1 aromatic rings. The average molecular weight is 365 g/mol. The third-order valence-electron chi connectivity index (χ3n) is 4.91. The van der Waals surface area contributed by atoms with E-state index in [1.54, 1.807) is 0 Å². The molecule has 1 saturated carbocycles. The van der Waals surface area contributed by atoms with Crippen LogP contribution in [0.15, 0.2) is 24.3 Å². The number of nitrogens with one attached hydrogen (secondary N) is 4. The molecule has 1 aliphatic carbocycles. The zero-order valence-corrected chi connectivity index (χ0v) is 16.3. The molecule has 0 spiro atoms. The predicted octanol–water partition coefficient (Wildman–Crippen LogP) is 3.74. The Kier molecular flexibility index (Phi) is 7.24. The maximum absolute atomic E-state index is 5.38. The van der Waals surface area contributed by atoms with Gasteiger partial charge in [-0.15, -0.1) is 0 Å². The SMILES string of the molecule is CCc1cccc(NC(=S)NNC(=S)N[C@H]2CCC[C@@H](C)[C@@H]2C)c1. The predicted molar refractivity (Wildman–Crippen MR) is 110 cm³/mol. The second kappa shape index (κ2) is 9.18. The van der Waals surface area contributed by atoms with Gasteiger partial charge in [0.25, 0.3) is 0 Å². The van der Waals surface area contributed by atoms with Crippen LogP contribution in [0.25, 0.3) is 0 Å². The Labute approximate surface area is 156 Å². The van der Waals surface area contributed by atoms with Crippen LogP contribution in [0, 0.1) is 11.8 Å². The molecule has 0 aliphatic heterocycles. The van der Waals surface area contributed by atoms with Gasteiger partial charge in [0, 0.05) is 11.7 Å². The van der Waals surface area contributed by atoms with Crippen molar-refractivity contribution in [1.82, 2.24) is 16.2 Å². The van der Waals surface area contributed by atoms with Gasteiger partial charge in [0.2, 0.25) is 0 Å². The number of thiocarbonyl (C=S) groups is 2. The van der Waals surface area contributed by atoms with Crippen molar-refractivity contribution in [2.45, 2.75) is 52.5 Å². The Hall–Kier alpha value is -1.40. The molecule has 132 valence electrons. The van der Waals surface area contributed by atoms with Crippen molar-refractivity contribution in [2.75, 3.05) is 5.32 Å². The Bertz CT molecular complexity index is 576. The Morgan fingerprint density at radius 3 is 2.62 bits per heavy atom. The summed E-state index contributed by atoms with van der Waals surface area (Å²) in [6, 6.07) is 8.64. The highest BCUT2D eigenvalue weighted by molar-refractivity contribution is 7.80. The van der Waals surface area contributed by atoms with Crippen molar-refractivity contribution in [3.63, 3.8) is 0 Å². The zero-order valence-electron chi connectivity index (χ0n) is 14.7. The maximum Gasteiger partial charge on any atom is 0.189 e. The van der Waals surface area contributed by atoms with Crippen LogP contribution < -0.4 is 21.5 Å². The van der Waals surface area contributed by atoms with E-state index in [-0.39, 0.29) is 0 Å². The molecule has 24 heavy (non-hydrogen) atoms. The molecule has 6 heteroatoms. The molecule has 0 unspecified atom stereocenters. The van der Waals surface area contributed by atoms with E-state index < -0.39 is 0 Å². The van der Waals surface area contributed by atoms with Crippen molar-refractivity contribution < 1.29 is 0 Å². The summed E-state index contributed by atoms with van der Waals surface area (Å²) in [7, 11) is 0. The van der Waals surface area contributed by atoms with E-state index in [0.29, 0.717) is 22.2 Å². The number of hydrogen-bond donors (Lipinski definition) is 4. The normalized spacial score (nSPS) is 23.2. The lowest BCUT2D eigenvalue weighted by atomic mass is 9.78. The summed E-state index contributed by atoms with van der Waals surface area (Å²) in [4.78, 5) is 0. The van der Waals surface area contributed by atoms with E-state index >= 15 is 0 Å². The number of anilines is 1. The highest BCUT2D eigenvalue weighted by atomic mass is 32.1. The first-order valence-corrected chi connectivity index (χ1v) is 9.53. The summed E-state index contributed by atoms with van der Waals surface area (Å²) in [5.41, 5.74) is 8.18. The summed E-state index contributed by atoms with van der Waals surface area (Å²) >= 11 is 10.7. The molecule has 0 radical (unpaired) electrons. The molecule has 4 nitrogen and oxygen atoms in total. The molecule has 0 bridgehead atoms. The van der Waals surface area contributed by atoms with Gasteiger partial charge < -0.3 is 10.6 Å². The van der Waals surface area contributed by atoms with Crippen LogP contribution in [0.2, 0.25) is 0 Å². The van der Waals surface area contributed by atoms with Crippen molar-refractivity contribution in [3.05, 3.63) is 29.8 Å². The smallest absolute Gasteiger partial charge is 0.189 e. The lowest BCUT2D eigenvalue weighted by molar-refractivity contribution is 0.224. The van der Waals surface area contributed by atoms with Crippen LogP contribution in [-0.4, -0.2) is 16.3 Å². The fourth-order valence-corrected chi connectivity index (χ4v) is 3.51. The van der Waals surface area contributed by atoms with E-state index in [1.807, 2.05) is 12.1 Å². The van der Waals surface area contributed by atoms with E-state index in [0.717, 1.165) is 18.0 Å². The summed E-state index contributed by atoms with van der Waals surface area (Å²) in [5.74, 6) is 1.36. The number of hydrazine groups is 1. The lowest BCUT2D eigenvalue weighted by Crippen LogP contribution is -2.53. The molecule has 0 heterocycles. The molecule has 0 saturated heterocycles. The standard InChI is InChI=1S/C18H28N4S2/c1-4-14-8-6-9-15(11-14)19-17(23)21-22-18(24)20-16-10-5-7-12(2)13(16)3/h6,8-9,11-13,16H,4-5,7,10H2,1-3H3,(H2,19,21,23)(H2,20,22,24)/t12-,13+,16+/m1/s1. The van der Waals surface area contributed by atoms with Gasteiger partial charge in [-0.1, -0.05) is 45.7 Å². The van der Waals surface area contributed by atoms with Crippen LogP contribution in [0.5, 0.6) is 0 Å². The van der Waals surface area contributed by atoms with Crippen molar-refractivity contribution in [3.8, 4) is 0 Å². The lowest BCUT2D eigenvalue weighted by Gasteiger charge is -2.35. The largest absolute Gasteiger partial charge is 0.358 e. The third-order valence-corrected chi connectivity index (χ3v) is 5.33. The first kappa shape index (κ1) is 18.9. The first-order chi connectivity index (χ1) is 11.5. The zero-order chi connectivity index (χ0) is 17.5. The van der Waals surface area contributed by atoms with Crippen LogP contribution >= 0.6 is 24.4 Å². The fraction of sp³-hybridized carbons (Fsp3) is 0.556. The Morgan fingerprint density at radius 1 is 1.12 bits per heavy atom. The van der Waals surface area contributed by atoms with Crippen LogP contribution in [0.1, 0.15) is 45.6 Å². The van der Waals surface area contributed by atoms with Crippen LogP contribution in [0.4, 0.5) is 5.69 Å². The second-order valence-corrected chi connectivity index (χ2v) is 7.42. The minimum absolute atomic E-state index is 0.429. The third kappa shape index (κ3) is 5.60. The van der Waals surface area contributed by atoms with E-state index in [2.05, 4.69) is 54.4 Å². The van der Waals surface area contributed by atoms with Crippen LogP contribution in [0.3, 0.4) is 0 Å². The van der Waals surface area contributed by atoms with Gasteiger partial charge in [-0.25, -0.2) is 0 Å². The summed E-state index contributed by atoms with van der Waals surface area (Å²) in [5, 5.41) is 7.66. The Balaban J connectivity index is 1.75. The molecule has 0 amide bonds. The molecule has 1 fully saturated rings. The van der Waals surface area contributed by atoms with Gasteiger partial charge in [-0.05, 0) is 66.8 Å². The number of benzene rings is 1. The maximum atomic E-state index is 5.38. The second-order valence-electron chi connectivity index (χ2n) is 6.61. The summed E-state index contributed by atoms with van der Waals surface area (Å²) < 4.78 is 0. The minimum atomic E-state index is 0.429. The number of rotatable bonds is 3.